The fourth-order valence-electron chi connectivity index (χ4n) is 1.96. The van der Waals surface area contributed by atoms with E-state index in [4.69, 9.17) is 0 Å². The highest BCUT2D eigenvalue weighted by molar-refractivity contribution is 4.83. The average Bonchev–Trinajstić information content (AvgIpc) is 2.88. The Balaban J connectivity index is 2.16. The van der Waals surface area contributed by atoms with Gasteiger partial charge < -0.3 is 5.32 Å². The maximum atomic E-state index is 3.61. The fourth-order valence-corrected chi connectivity index (χ4v) is 1.96. The second kappa shape index (κ2) is 5.16. The van der Waals surface area contributed by atoms with Crippen molar-refractivity contribution in [2.45, 2.75) is 65.8 Å². The van der Waals surface area contributed by atoms with Gasteiger partial charge in [-0.2, -0.15) is 0 Å². The third-order valence-corrected chi connectivity index (χ3v) is 3.84. The molecule has 1 aliphatic rings. The van der Waals surface area contributed by atoms with E-state index in [1.165, 1.54) is 38.6 Å². The van der Waals surface area contributed by atoms with Gasteiger partial charge in [-0.3, -0.25) is 0 Å². The molecule has 1 unspecified atom stereocenters. The molecule has 1 N–H and O–H groups in total. The van der Waals surface area contributed by atoms with E-state index < -0.39 is 0 Å². The Morgan fingerprint density at radius 3 is 2.50 bits per heavy atom. The summed E-state index contributed by atoms with van der Waals surface area (Å²) in [6, 6.07) is 0.868. The molecule has 0 radical (unpaired) electrons. The van der Waals surface area contributed by atoms with Crippen LogP contribution in [0.1, 0.15) is 59.8 Å². The van der Waals surface area contributed by atoms with Crippen LogP contribution in [0.4, 0.5) is 0 Å². The Labute approximate surface area is 89.7 Å². The van der Waals surface area contributed by atoms with E-state index >= 15 is 0 Å². The molecule has 0 aliphatic heterocycles. The van der Waals surface area contributed by atoms with E-state index in [-0.39, 0.29) is 0 Å². The van der Waals surface area contributed by atoms with Gasteiger partial charge in [-0.05, 0) is 37.1 Å². The van der Waals surface area contributed by atoms with Gasteiger partial charge in [0.1, 0.15) is 0 Å². The summed E-state index contributed by atoms with van der Waals surface area (Å²) in [5.41, 5.74) is 0.512. The van der Waals surface area contributed by atoms with Crippen molar-refractivity contribution in [2.75, 3.05) is 6.54 Å². The van der Waals surface area contributed by atoms with Crippen LogP contribution in [0, 0.1) is 11.3 Å². The lowest BCUT2D eigenvalue weighted by atomic mass is 9.75. The second-order valence-electron chi connectivity index (χ2n) is 5.66. The minimum absolute atomic E-state index is 0.512. The zero-order valence-electron chi connectivity index (χ0n) is 10.4. The predicted molar refractivity (Wildman–Crippen MR) is 63.5 cm³/mol. The molecule has 14 heavy (non-hydrogen) atoms. The Bertz CT molecular complexity index is 159. The zero-order valence-corrected chi connectivity index (χ0v) is 10.4. The van der Waals surface area contributed by atoms with Crippen LogP contribution in [0.5, 0.6) is 0 Å². The van der Waals surface area contributed by atoms with Gasteiger partial charge in [0, 0.05) is 6.04 Å². The fraction of sp³-hybridized carbons (Fsp3) is 1.00. The lowest BCUT2D eigenvalue weighted by molar-refractivity contribution is 0.197. The molecule has 0 heterocycles. The first-order chi connectivity index (χ1) is 6.56. The van der Waals surface area contributed by atoms with Crippen LogP contribution in [0.3, 0.4) is 0 Å². The van der Waals surface area contributed by atoms with Gasteiger partial charge >= 0.3 is 0 Å². The lowest BCUT2D eigenvalue weighted by Gasteiger charge is -2.32. The summed E-state index contributed by atoms with van der Waals surface area (Å²) in [5, 5.41) is 3.61. The molecule has 1 saturated carbocycles. The summed E-state index contributed by atoms with van der Waals surface area (Å²) >= 11 is 0. The van der Waals surface area contributed by atoms with Gasteiger partial charge in [-0.15, -0.1) is 0 Å². The highest BCUT2D eigenvalue weighted by atomic mass is 14.9. The van der Waals surface area contributed by atoms with Crippen molar-refractivity contribution in [2.24, 2.45) is 11.3 Å². The van der Waals surface area contributed by atoms with Crippen molar-refractivity contribution in [3.63, 3.8) is 0 Å². The molecular formula is C13H27N. The largest absolute Gasteiger partial charge is 0.314 e. The van der Waals surface area contributed by atoms with Crippen LogP contribution in [-0.4, -0.2) is 12.6 Å². The van der Waals surface area contributed by atoms with Crippen molar-refractivity contribution >= 4 is 0 Å². The molecule has 1 aliphatic carbocycles. The van der Waals surface area contributed by atoms with Crippen LogP contribution in [0.15, 0.2) is 0 Å². The topological polar surface area (TPSA) is 12.0 Å². The number of rotatable bonds is 7. The zero-order chi connectivity index (χ0) is 10.6. The average molecular weight is 197 g/mol. The van der Waals surface area contributed by atoms with Gasteiger partial charge in [0.05, 0.1) is 0 Å². The molecule has 0 spiro atoms. The van der Waals surface area contributed by atoms with E-state index in [9.17, 15) is 0 Å². The molecule has 1 nitrogen and oxygen atoms in total. The highest BCUT2D eigenvalue weighted by Gasteiger charge is 2.26. The summed E-state index contributed by atoms with van der Waals surface area (Å²) in [4.78, 5) is 0. The number of hydrogen-bond acceptors (Lipinski definition) is 1. The van der Waals surface area contributed by atoms with E-state index in [0.717, 1.165) is 12.0 Å². The monoisotopic (exact) mass is 197 g/mol. The molecule has 0 saturated heterocycles. The van der Waals surface area contributed by atoms with Crippen molar-refractivity contribution in [1.29, 1.82) is 0 Å². The van der Waals surface area contributed by atoms with Crippen LogP contribution in [0.25, 0.3) is 0 Å². The summed E-state index contributed by atoms with van der Waals surface area (Å²) in [6.07, 6.45) is 6.83. The maximum Gasteiger partial charge on any atom is 0.00682 e. The first kappa shape index (κ1) is 12.0. The summed E-state index contributed by atoms with van der Waals surface area (Å²) in [7, 11) is 0. The summed E-state index contributed by atoms with van der Waals surface area (Å²) < 4.78 is 0. The van der Waals surface area contributed by atoms with Gasteiger partial charge in [0.25, 0.3) is 0 Å². The highest BCUT2D eigenvalue weighted by Crippen LogP contribution is 2.33. The second-order valence-corrected chi connectivity index (χ2v) is 5.66. The Hall–Kier alpha value is -0.0400. The standard InChI is InChI=1S/C13H27N/c1-5-6-11(2)13(3,4)9-10-14-12-7-8-12/h11-12,14H,5-10H2,1-4H3. The van der Waals surface area contributed by atoms with Gasteiger partial charge in [-0.1, -0.05) is 40.5 Å². The third kappa shape index (κ3) is 4.00. The number of hydrogen-bond donors (Lipinski definition) is 1. The molecule has 84 valence electrons. The van der Waals surface area contributed by atoms with Crippen molar-refractivity contribution in [1.82, 2.24) is 5.32 Å². The van der Waals surface area contributed by atoms with Crippen molar-refractivity contribution in [3.8, 4) is 0 Å². The van der Waals surface area contributed by atoms with E-state index in [1.807, 2.05) is 0 Å². The van der Waals surface area contributed by atoms with E-state index in [2.05, 4.69) is 33.0 Å². The van der Waals surface area contributed by atoms with Gasteiger partial charge in [-0.25, -0.2) is 0 Å². The quantitative estimate of drug-likeness (QED) is 0.657. The molecule has 0 aromatic rings. The van der Waals surface area contributed by atoms with Crippen LogP contribution >= 0.6 is 0 Å². The molecule has 1 rings (SSSR count). The lowest BCUT2D eigenvalue weighted by Crippen LogP contribution is -2.28. The molecule has 1 heteroatoms. The molecule has 1 fully saturated rings. The Morgan fingerprint density at radius 1 is 1.36 bits per heavy atom. The van der Waals surface area contributed by atoms with Crippen molar-refractivity contribution in [3.05, 3.63) is 0 Å². The van der Waals surface area contributed by atoms with Crippen LogP contribution in [-0.2, 0) is 0 Å². The molecule has 0 amide bonds. The van der Waals surface area contributed by atoms with Gasteiger partial charge in [0.2, 0.25) is 0 Å². The summed E-state index contributed by atoms with van der Waals surface area (Å²) in [5.74, 6) is 0.855. The molecule has 0 aromatic carbocycles. The SMILES string of the molecule is CCCC(C)C(C)(C)CCNC1CC1. The van der Waals surface area contributed by atoms with E-state index in [0.29, 0.717) is 5.41 Å². The maximum absolute atomic E-state index is 3.61. The van der Waals surface area contributed by atoms with E-state index in [1.54, 1.807) is 0 Å². The van der Waals surface area contributed by atoms with Crippen LogP contribution < -0.4 is 5.32 Å². The minimum atomic E-state index is 0.512. The Kier molecular flexibility index (Phi) is 4.43. The van der Waals surface area contributed by atoms with Crippen molar-refractivity contribution < 1.29 is 0 Å². The first-order valence-corrected chi connectivity index (χ1v) is 6.29. The third-order valence-electron chi connectivity index (χ3n) is 3.84. The minimum Gasteiger partial charge on any atom is -0.314 e. The smallest absolute Gasteiger partial charge is 0.00682 e. The molecule has 0 bridgehead atoms. The molecule has 0 aromatic heterocycles. The summed E-state index contributed by atoms with van der Waals surface area (Å²) in [6.45, 7) is 10.7. The Morgan fingerprint density at radius 2 is 2.00 bits per heavy atom. The number of nitrogens with one attached hydrogen (secondary N) is 1. The first-order valence-electron chi connectivity index (χ1n) is 6.29. The molecule has 1 atom stereocenters. The van der Waals surface area contributed by atoms with Gasteiger partial charge in [0.15, 0.2) is 0 Å². The predicted octanol–water partition coefficient (Wildman–Crippen LogP) is 3.59. The normalized spacial score (nSPS) is 19.7. The molecular weight excluding hydrogens is 170 g/mol. The van der Waals surface area contributed by atoms with Crippen LogP contribution in [0.2, 0.25) is 0 Å².